The van der Waals surface area contributed by atoms with Gasteiger partial charge in [0.15, 0.2) is 5.11 Å². The van der Waals surface area contributed by atoms with Crippen molar-refractivity contribution in [3.05, 3.63) is 71.8 Å². The lowest BCUT2D eigenvalue weighted by Crippen LogP contribution is -2.43. The Morgan fingerprint density at radius 3 is 2.12 bits per heavy atom. The summed E-state index contributed by atoms with van der Waals surface area (Å²) in [6.45, 7) is 5.31. The molecule has 1 fully saturated rings. The molecule has 0 unspecified atom stereocenters. The molecule has 1 saturated heterocycles. The van der Waals surface area contributed by atoms with Gasteiger partial charge < -0.3 is 10.1 Å². The highest BCUT2D eigenvalue weighted by Crippen LogP contribution is 2.10. The second kappa shape index (κ2) is 10.0. The van der Waals surface area contributed by atoms with Crippen LogP contribution in [0.15, 0.2) is 65.8 Å². The summed E-state index contributed by atoms with van der Waals surface area (Å²) in [5.74, 6) is 0. The van der Waals surface area contributed by atoms with E-state index in [0.29, 0.717) is 5.11 Å². The smallest absolute Gasteiger partial charge is 0.187 e. The molecule has 136 valence electrons. The Bertz CT molecular complexity index is 674. The first kappa shape index (κ1) is 18.5. The summed E-state index contributed by atoms with van der Waals surface area (Å²) < 4.78 is 5.36. The van der Waals surface area contributed by atoms with Gasteiger partial charge in [-0.15, -0.1) is 0 Å². The normalized spacial score (nSPS) is 14.5. The third-order valence-corrected chi connectivity index (χ3v) is 4.42. The van der Waals surface area contributed by atoms with Gasteiger partial charge in [-0.1, -0.05) is 60.7 Å². The molecule has 2 aromatic carbocycles. The molecule has 1 aliphatic rings. The second-order valence-corrected chi connectivity index (χ2v) is 6.42. The van der Waals surface area contributed by atoms with Gasteiger partial charge in [-0.2, -0.15) is 5.10 Å². The lowest BCUT2D eigenvalue weighted by molar-refractivity contribution is 0.0389. The Kier molecular flexibility index (Phi) is 7.13. The number of morpholine rings is 1. The highest BCUT2D eigenvalue weighted by Gasteiger charge is 2.10. The Morgan fingerprint density at radius 2 is 1.54 bits per heavy atom. The fourth-order valence-electron chi connectivity index (χ4n) is 2.79. The highest BCUT2D eigenvalue weighted by atomic mass is 32.1. The van der Waals surface area contributed by atoms with E-state index in [9.17, 15) is 0 Å². The Labute approximate surface area is 160 Å². The third kappa shape index (κ3) is 5.62. The fraction of sp³-hybridized carbons (Fsp3) is 0.300. The number of rotatable bonds is 6. The van der Waals surface area contributed by atoms with Crippen molar-refractivity contribution in [2.24, 2.45) is 5.10 Å². The molecule has 0 aromatic heterocycles. The van der Waals surface area contributed by atoms with Crippen LogP contribution in [0, 0.1) is 0 Å². The lowest BCUT2D eigenvalue weighted by atomic mass is 10.0. The molecule has 0 aliphatic carbocycles. The number of hydrogen-bond acceptors (Lipinski definition) is 4. The quantitative estimate of drug-likeness (QED) is 0.465. The predicted octanol–water partition coefficient (Wildman–Crippen LogP) is 2.24. The minimum absolute atomic E-state index is 0.530. The van der Waals surface area contributed by atoms with Crippen LogP contribution in [-0.2, 0) is 4.74 Å². The number of nitrogens with zero attached hydrogens (tertiary/aromatic N) is 2. The summed E-state index contributed by atoms with van der Waals surface area (Å²) in [6.07, 6.45) is 0. The standard InChI is InChI=1S/C20H24N4OS/c26-20(21-11-12-24-13-15-25-16-14-24)23-22-19(17-7-3-1-4-8-17)18-9-5-2-6-10-18/h1-10H,11-16H2,(H2,21,23,26). The van der Waals surface area contributed by atoms with Gasteiger partial charge in [-0.25, -0.2) is 0 Å². The van der Waals surface area contributed by atoms with Crippen molar-refractivity contribution in [1.29, 1.82) is 0 Å². The van der Waals surface area contributed by atoms with E-state index in [-0.39, 0.29) is 0 Å². The van der Waals surface area contributed by atoms with Crippen LogP contribution in [0.1, 0.15) is 11.1 Å². The van der Waals surface area contributed by atoms with E-state index in [2.05, 4.69) is 20.7 Å². The minimum Gasteiger partial charge on any atom is -0.379 e. The maximum Gasteiger partial charge on any atom is 0.187 e. The molecule has 26 heavy (non-hydrogen) atoms. The number of hydrazone groups is 1. The summed E-state index contributed by atoms with van der Waals surface area (Å²) >= 11 is 5.37. The fourth-order valence-corrected chi connectivity index (χ4v) is 2.93. The van der Waals surface area contributed by atoms with Crippen LogP contribution >= 0.6 is 12.2 Å². The first-order valence-electron chi connectivity index (χ1n) is 8.85. The minimum atomic E-state index is 0.530. The van der Waals surface area contributed by atoms with Crippen LogP contribution in [0.2, 0.25) is 0 Å². The molecule has 0 atom stereocenters. The summed E-state index contributed by atoms with van der Waals surface area (Å²) in [5.41, 5.74) is 5.93. The molecule has 0 spiro atoms. The highest BCUT2D eigenvalue weighted by molar-refractivity contribution is 7.80. The van der Waals surface area contributed by atoms with Crippen LogP contribution in [-0.4, -0.2) is 55.1 Å². The first-order chi connectivity index (χ1) is 12.8. The number of hydrogen-bond donors (Lipinski definition) is 2. The van der Waals surface area contributed by atoms with Crippen molar-refractivity contribution >= 4 is 23.0 Å². The van der Waals surface area contributed by atoms with Crippen LogP contribution < -0.4 is 10.7 Å². The zero-order chi connectivity index (χ0) is 18.0. The predicted molar refractivity (Wildman–Crippen MR) is 110 cm³/mol. The van der Waals surface area contributed by atoms with Gasteiger partial charge in [0.05, 0.1) is 18.9 Å². The van der Waals surface area contributed by atoms with Gasteiger partial charge >= 0.3 is 0 Å². The van der Waals surface area contributed by atoms with Gasteiger partial charge in [0.2, 0.25) is 0 Å². The molecule has 6 heteroatoms. The van der Waals surface area contributed by atoms with Crippen LogP contribution in [0.5, 0.6) is 0 Å². The van der Waals surface area contributed by atoms with Crippen molar-refractivity contribution in [3.63, 3.8) is 0 Å². The average molecular weight is 369 g/mol. The molecule has 5 nitrogen and oxygen atoms in total. The van der Waals surface area contributed by atoms with Gasteiger partial charge in [0.1, 0.15) is 0 Å². The summed E-state index contributed by atoms with van der Waals surface area (Å²) in [7, 11) is 0. The maximum atomic E-state index is 5.37. The molecule has 1 aliphatic heterocycles. The monoisotopic (exact) mass is 368 g/mol. The number of nitrogens with one attached hydrogen (secondary N) is 2. The molecule has 0 radical (unpaired) electrons. The van der Waals surface area contributed by atoms with Crippen LogP contribution in [0.25, 0.3) is 0 Å². The van der Waals surface area contributed by atoms with Crippen molar-refractivity contribution in [1.82, 2.24) is 15.6 Å². The van der Waals surface area contributed by atoms with Crippen molar-refractivity contribution in [3.8, 4) is 0 Å². The maximum absolute atomic E-state index is 5.37. The average Bonchev–Trinajstić information content (AvgIpc) is 2.71. The van der Waals surface area contributed by atoms with Crippen LogP contribution in [0.4, 0.5) is 0 Å². The number of thiocarbonyl (C=S) groups is 1. The molecular formula is C20H24N4OS. The molecule has 0 bridgehead atoms. The van der Waals surface area contributed by atoms with E-state index < -0.39 is 0 Å². The number of benzene rings is 2. The van der Waals surface area contributed by atoms with E-state index in [4.69, 9.17) is 17.0 Å². The lowest BCUT2D eigenvalue weighted by Gasteiger charge is -2.26. The zero-order valence-corrected chi connectivity index (χ0v) is 15.5. The van der Waals surface area contributed by atoms with Gasteiger partial charge in [-0.05, 0) is 12.2 Å². The van der Waals surface area contributed by atoms with Crippen molar-refractivity contribution in [2.75, 3.05) is 39.4 Å². The van der Waals surface area contributed by atoms with E-state index in [1.165, 1.54) is 0 Å². The molecule has 1 heterocycles. The van der Waals surface area contributed by atoms with E-state index in [0.717, 1.165) is 56.2 Å². The molecule has 0 saturated carbocycles. The molecular weight excluding hydrogens is 344 g/mol. The number of ether oxygens (including phenoxy) is 1. The third-order valence-electron chi connectivity index (χ3n) is 4.18. The van der Waals surface area contributed by atoms with Crippen molar-refractivity contribution in [2.45, 2.75) is 0 Å². The van der Waals surface area contributed by atoms with E-state index in [1.54, 1.807) is 0 Å². The van der Waals surface area contributed by atoms with Gasteiger partial charge in [-0.3, -0.25) is 10.3 Å². The second-order valence-electron chi connectivity index (χ2n) is 6.01. The van der Waals surface area contributed by atoms with Crippen molar-refractivity contribution < 1.29 is 4.74 Å². The molecule has 0 amide bonds. The zero-order valence-electron chi connectivity index (χ0n) is 14.7. The molecule has 3 rings (SSSR count). The molecule has 2 N–H and O–H groups in total. The topological polar surface area (TPSA) is 48.9 Å². The summed E-state index contributed by atoms with van der Waals surface area (Å²) in [6, 6.07) is 20.2. The largest absolute Gasteiger partial charge is 0.379 e. The summed E-state index contributed by atoms with van der Waals surface area (Å²) in [4.78, 5) is 2.36. The Balaban J connectivity index is 1.58. The van der Waals surface area contributed by atoms with Gasteiger partial charge in [0, 0.05) is 37.3 Å². The first-order valence-corrected chi connectivity index (χ1v) is 9.26. The van der Waals surface area contributed by atoms with Gasteiger partial charge in [0.25, 0.3) is 0 Å². The van der Waals surface area contributed by atoms with E-state index in [1.807, 2.05) is 60.7 Å². The molecule has 2 aromatic rings. The summed E-state index contributed by atoms with van der Waals surface area (Å²) in [5, 5.41) is 8.31. The SMILES string of the molecule is S=C(NCCN1CCOCC1)NN=C(c1ccccc1)c1ccccc1. The Morgan fingerprint density at radius 1 is 0.962 bits per heavy atom. The van der Waals surface area contributed by atoms with E-state index >= 15 is 0 Å². The Hall–Kier alpha value is -2.28. The van der Waals surface area contributed by atoms with Crippen LogP contribution in [0.3, 0.4) is 0 Å².